The maximum atomic E-state index is 12.2. The summed E-state index contributed by atoms with van der Waals surface area (Å²) in [6.45, 7) is 1.10. The molecule has 7 heteroatoms. The number of nitrogens with one attached hydrogen (secondary N) is 1. The first kappa shape index (κ1) is 17.7. The van der Waals surface area contributed by atoms with E-state index in [0.717, 1.165) is 17.5 Å². The van der Waals surface area contributed by atoms with Crippen molar-refractivity contribution in [3.63, 3.8) is 0 Å². The largest absolute Gasteiger partial charge is 0.454 e. The van der Waals surface area contributed by atoms with Crippen LogP contribution in [0.4, 0.5) is 0 Å². The topological polar surface area (TPSA) is 80.8 Å². The molecule has 3 rings (SSSR count). The van der Waals surface area contributed by atoms with E-state index in [1.807, 2.05) is 30.3 Å². The van der Waals surface area contributed by atoms with Crippen molar-refractivity contribution in [2.45, 2.75) is 19.4 Å². The molecule has 1 aromatic heterocycles. The van der Waals surface area contributed by atoms with E-state index in [0.29, 0.717) is 24.6 Å². The number of rotatable bonds is 7. The average molecular weight is 355 g/mol. The van der Waals surface area contributed by atoms with Gasteiger partial charge in [-0.05, 0) is 41.8 Å². The molecule has 26 heavy (non-hydrogen) atoms. The molecule has 0 aliphatic carbocycles. The van der Waals surface area contributed by atoms with E-state index in [9.17, 15) is 9.59 Å². The minimum absolute atomic E-state index is 0.169. The summed E-state index contributed by atoms with van der Waals surface area (Å²) < 4.78 is 10.6. The van der Waals surface area contributed by atoms with Crippen LogP contribution in [-0.4, -0.2) is 42.1 Å². The van der Waals surface area contributed by atoms with E-state index >= 15 is 0 Å². The number of hydrogen-bond donors (Lipinski definition) is 1. The summed E-state index contributed by atoms with van der Waals surface area (Å²) in [4.78, 5) is 29.7. The fourth-order valence-electron chi connectivity index (χ4n) is 2.56. The number of benzene rings is 1. The fourth-order valence-corrected chi connectivity index (χ4v) is 2.56. The van der Waals surface area contributed by atoms with Crippen LogP contribution in [0.15, 0.2) is 42.7 Å². The number of fused-ring (bicyclic) bond motifs is 1. The van der Waals surface area contributed by atoms with Crippen LogP contribution in [0.3, 0.4) is 0 Å². The zero-order valence-corrected chi connectivity index (χ0v) is 14.6. The molecule has 0 fully saturated rings. The van der Waals surface area contributed by atoms with Crippen molar-refractivity contribution in [3.8, 4) is 11.5 Å². The monoisotopic (exact) mass is 355 g/mol. The van der Waals surface area contributed by atoms with E-state index in [-0.39, 0.29) is 25.0 Å². The molecule has 0 radical (unpaired) electrons. The Bertz CT molecular complexity index is 780. The second-order valence-corrected chi connectivity index (χ2v) is 6.06. The molecule has 0 saturated heterocycles. The van der Waals surface area contributed by atoms with Gasteiger partial charge in [0.2, 0.25) is 18.6 Å². The van der Waals surface area contributed by atoms with Gasteiger partial charge in [0.1, 0.15) is 6.42 Å². The molecule has 1 aliphatic rings. The number of amides is 2. The molecule has 136 valence electrons. The lowest BCUT2D eigenvalue weighted by Gasteiger charge is -2.17. The molecule has 2 aromatic rings. The highest BCUT2D eigenvalue weighted by Crippen LogP contribution is 2.32. The van der Waals surface area contributed by atoms with Crippen molar-refractivity contribution in [3.05, 3.63) is 53.9 Å². The minimum atomic E-state index is -0.302. The normalized spacial score (nSPS) is 11.9. The lowest BCUT2D eigenvalue weighted by atomic mass is 10.2. The Morgan fingerprint density at radius 2 is 1.88 bits per heavy atom. The molecule has 2 heterocycles. The summed E-state index contributed by atoms with van der Waals surface area (Å²) in [5.74, 6) is 0.861. The van der Waals surface area contributed by atoms with E-state index in [4.69, 9.17) is 9.47 Å². The summed E-state index contributed by atoms with van der Waals surface area (Å²) in [5.41, 5.74) is 1.99. The van der Waals surface area contributed by atoms with E-state index < -0.39 is 0 Å². The summed E-state index contributed by atoms with van der Waals surface area (Å²) in [6.07, 6.45) is 4.00. The highest BCUT2D eigenvalue weighted by Gasteiger charge is 2.15. The first-order chi connectivity index (χ1) is 12.6. The maximum Gasteiger partial charge on any atom is 0.231 e. The van der Waals surface area contributed by atoms with E-state index in [1.54, 1.807) is 24.3 Å². The number of pyridine rings is 1. The quantitative estimate of drug-likeness (QED) is 0.762. The molecule has 1 aliphatic heterocycles. The Kier molecular flexibility index (Phi) is 5.68. The summed E-state index contributed by atoms with van der Waals surface area (Å²) in [6, 6.07) is 9.32. The molecule has 0 unspecified atom stereocenters. The number of carbonyl (C=O) groups is 2. The van der Waals surface area contributed by atoms with Gasteiger partial charge in [-0.15, -0.1) is 0 Å². The molecular formula is C19H21N3O4. The Morgan fingerprint density at radius 1 is 1.12 bits per heavy atom. The van der Waals surface area contributed by atoms with Crippen LogP contribution in [-0.2, 0) is 22.6 Å². The Balaban J connectivity index is 1.41. The van der Waals surface area contributed by atoms with Crippen LogP contribution in [0, 0.1) is 0 Å². The van der Waals surface area contributed by atoms with Crippen molar-refractivity contribution in [2.24, 2.45) is 0 Å². The number of carbonyl (C=O) groups excluding carboxylic acids is 2. The van der Waals surface area contributed by atoms with Crippen LogP contribution in [0.25, 0.3) is 0 Å². The lowest BCUT2D eigenvalue weighted by Crippen LogP contribution is -2.34. The van der Waals surface area contributed by atoms with Gasteiger partial charge in [-0.2, -0.15) is 0 Å². The number of ether oxygens (including phenoxy) is 2. The minimum Gasteiger partial charge on any atom is -0.454 e. The van der Waals surface area contributed by atoms with Gasteiger partial charge in [-0.3, -0.25) is 14.6 Å². The van der Waals surface area contributed by atoms with Gasteiger partial charge < -0.3 is 19.7 Å². The molecule has 7 nitrogen and oxygen atoms in total. The average Bonchev–Trinajstić information content (AvgIpc) is 3.13. The molecule has 2 amide bonds. The molecular weight excluding hydrogens is 334 g/mol. The summed E-state index contributed by atoms with van der Waals surface area (Å²) in [7, 11) is 1.70. The van der Waals surface area contributed by atoms with Crippen LogP contribution in [0.5, 0.6) is 11.5 Å². The maximum absolute atomic E-state index is 12.2. The van der Waals surface area contributed by atoms with Gasteiger partial charge in [0.15, 0.2) is 11.5 Å². The van der Waals surface area contributed by atoms with Crippen molar-refractivity contribution in [2.75, 3.05) is 20.4 Å². The zero-order valence-electron chi connectivity index (χ0n) is 14.6. The van der Waals surface area contributed by atoms with Gasteiger partial charge in [-0.25, -0.2) is 0 Å². The van der Waals surface area contributed by atoms with Gasteiger partial charge >= 0.3 is 0 Å². The molecule has 0 bridgehead atoms. The standard InChI is InChI=1S/C19H21N3O4/c1-22(9-6-14-4-7-20-8-5-14)19(24)11-18(23)21-12-15-2-3-16-17(10-15)26-13-25-16/h2-5,7-8,10H,6,9,11-13H2,1H3,(H,21,23). The number of aromatic nitrogens is 1. The highest BCUT2D eigenvalue weighted by atomic mass is 16.7. The van der Waals surface area contributed by atoms with Crippen LogP contribution in [0.2, 0.25) is 0 Å². The second kappa shape index (κ2) is 8.33. The zero-order chi connectivity index (χ0) is 18.4. The molecule has 0 atom stereocenters. The number of likely N-dealkylation sites (N-methyl/N-ethyl adjacent to an activating group) is 1. The third-order valence-electron chi connectivity index (χ3n) is 4.15. The Labute approximate surface area is 151 Å². The summed E-state index contributed by atoms with van der Waals surface area (Å²) in [5, 5.41) is 2.76. The highest BCUT2D eigenvalue weighted by molar-refractivity contribution is 5.96. The number of nitrogens with zero attached hydrogens (tertiary/aromatic N) is 2. The summed E-state index contributed by atoms with van der Waals surface area (Å²) >= 11 is 0. The van der Waals surface area contributed by atoms with Crippen molar-refractivity contribution < 1.29 is 19.1 Å². The lowest BCUT2D eigenvalue weighted by molar-refractivity contribution is -0.135. The predicted octanol–water partition coefficient (Wildman–Crippen LogP) is 1.52. The SMILES string of the molecule is CN(CCc1ccncc1)C(=O)CC(=O)NCc1ccc2c(c1)OCO2. The van der Waals surface area contributed by atoms with E-state index in [2.05, 4.69) is 10.3 Å². The number of hydrogen-bond acceptors (Lipinski definition) is 5. The molecule has 1 aromatic carbocycles. The smallest absolute Gasteiger partial charge is 0.231 e. The van der Waals surface area contributed by atoms with Crippen molar-refractivity contribution in [1.29, 1.82) is 0 Å². The van der Waals surface area contributed by atoms with Gasteiger partial charge in [0.05, 0.1) is 0 Å². The predicted molar refractivity (Wildman–Crippen MR) is 94.6 cm³/mol. The van der Waals surface area contributed by atoms with E-state index in [1.165, 1.54) is 0 Å². The second-order valence-electron chi connectivity index (χ2n) is 6.06. The first-order valence-corrected chi connectivity index (χ1v) is 8.40. The third kappa shape index (κ3) is 4.72. The van der Waals surface area contributed by atoms with Crippen LogP contribution < -0.4 is 14.8 Å². The fraction of sp³-hybridized carbons (Fsp3) is 0.316. The first-order valence-electron chi connectivity index (χ1n) is 8.40. The van der Waals surface area contributed by atoms with Crippen molar-refractivity contribution in [1.82, 2.24) is 15.2 Å². The molecule has 1 N–H and O–H groups in total. The molecule has 0 spiro atoms. The van der Waals surface area contributed by atoms with Crippen LogP contribution >= 0.6 is 0 Å². The van der Waals surface area contributed by atoms with Gasteiger partial charge in [-0.1, -0.05) is 6.07 Å². The molecule has 0 saturated carbocycles. The van der Waals surface area contributed by atoms with Gasteiger partial charge in [0, 0.05) is 32.5 Å². The van der Waals surface area contributed by atoms with Crippen molar-refractivity contribution >= 4 is 11.8 Å². The third-order valence-corrected chi connectivity index (χ3v) is 4.15. The van der Waals surface area contributed by atoms with Gasteiger partial charge in [0.25, 0.3) is 0 Å². The Hall–Kier alpha value is -3.09. The van der Waals surface area contributed by atoms with Crippen LogP contribution in [0.1, 0.15) is 17.5 Å². The Morgan fingerprint density at radius 3 is 2.69 bits per heavy atom.